The zero-order valence-electron chi connectivity index (χ0n) is 15.1. The Labute approximate surface area is 161 Å². The summed E-state index contributed by atoms with van der Waals surface area (Å²) in [6, 6.07) is 12.1. The van der Waals surface area contributed by atoms with E-state index in [1.54, 1.807) is 18.3 Å². The first-order valence-electron chi connectivity index (χ1n) is 9.07. The maximum absolute atomic E-state index is 11.0. The molecule has 0 spiro atoms. The Bertz CT molecular complexity index is 1090. The first kappa shape index (κ1) is 17.7. The molecule has 8 nitrogen and oxygen atoms in total. The van der Waals surface area contributed by atoms with Crippen LogP contribution in [-0.2, 0) is 6.54 Å². The number of aromatic nitrogens is 2. The Morgan fingerprint density at radius 1 is 1.21 bits per heavy atom. The molecule has 4 rings (SSSR count). The predicted octanol–water partition coefficient (Wildman–Crippen LogP) is 3.62. The van der Waals surface area contributed by atoms with Crippen molar-refractivity contribution >= 4 is 28.2 Å². The number of pyridine rings is 2. The van der Waals surface area contributed by atoms with Crippen LogP contribution in [0.1, 0.15) is 24.0 Å². The number of hydrogen-bond acceptors (Lipinski definition) is 7. The Kier molecular flexibility index (Phi) is 4.72. The molecule has 1 fully saturated rings. The zero-order valence-corrected chi connectivity index (χ0v) is 15.1. The highest BCUT2D eigenvalue weighted by atomic mass is 16.6. The molecule has 0 saturated carbocycles. The lowest BCUT2D eigenvalue weighted by molar-refractivity contribution is -0.384. The van der Waals surface area contributed by atoms with E-state index in [0.717, 1.165) is 24.5 Å². The fourth-order valence-corrected chi connectivity index (χ4v) is 3.39. The minimum atomic E-state index is -0.478. The molecule has 0 unspecified atom stereocenters. The summed E-state index contributed by atoms with van der Waals surface area (Å²) in [5.41, 5.74) is 1.90. The van der Waals surface area contributed by atoms with E-state index in [2.05, 4.69) is 32.3 Å². The van der Waals surface area contributed by atoms with E-state index in [1.807, 2.05) is 6.07 Å². The van der Waals surface area contributed by atoms with E-state index in [0.29, 0.717) is 28.8 Å². The Morgan fingerprint density at radius 3 is 2.79 bits per heavy atom. The summed E-state index contributed by atoms with van der Waals surface area (Å²) in [6.07, 6.45) is 4.19. The second-order valence-electron chi connectivity index (χ2n) is 6.70. The fraction of sp³-hybridized carbons (Fsp3) is 0.250. The van der Waals surface area contributed by atoms with Crippen molar-refractivity contribution in [1.29, 1.82) is 5.26 Å². The molecule has 0 amide bonds. The summed E-state index contributed by atoms with van der Waals surface area (Å²) >= 11 is 0. The van der Waals surface area contributed by atoms with Crippen LogP contribution >= 0.6 is 0 Å². The van der Waals surface area contributed by atoms with E-state index in [9.17, 15) is 15.4 Å². The van der Waals surface area contributed by atoms with Gasteiger partial charge in [-0.25, -0.2) is 9.97 Å². The molecule has 3 heterocycles. The average Bonchev–Trinajstić information content (AvgIpc) is 3.26. The molecule has 1 aromatic carbocycles. The van der Waals surface area contributed by atoms with Crippen molar-refractivity contribution in [3.63, 3.8) is 0 Å². The highest BCUT2D eigenvalue weighted by molar-refractivity contribution is 5.88. The second kappa shape index (κ2) is 7.48. The van der Waals surface area contributed by atoms with Crippen molar-refractivity contribution in [3.8, 4) is 6.07 Å². The van der Waals surface area contributed by atoms with Gasteiger partial charge in [-0.05, 0) is 42.7 Å². The quantitative estimate of drug-likeness (QED) is 0.537. The molecule has 1 aliphatic heterocycles. The molecular formula is C20H18N6O2. The maximum atomic E-state index is 11.0. The van der Waals surface area contributed by atoms with Gasteiger partial charge in [-0.1, -0.05) is 0 Å². The minimum absolute atomic E-state index is 0.0577. The summed E-state index contributed by atoms with van der Waals surface area (Å²) in [5.74, 6) is 1.53. The number of nitrogens with one attached hydrogen (secondary N) is 1. The Balaban J connectivity index is 1.57. The third kappa shape index (κ3) is 3.55. The average molecular weight is 374 g/mol. The molecule has 0 aliphatic carbocycles. The third-order valence-corrected chi connectivity index (χ3v) is 4.84. The van der Waals surface area contributed by atoms with Crippen LogP contribution in [-0.4, -0.2) is 28.0 Å². The third-order valence-electron chi connectivity index (χ3n) is 4.84. The first-order chi connectivity index (χ1) is 13.6. The fourth-order valence-electron chi connectivity index (χ4n) is 3.39. The summed E-state index contributed by atoms with van der Waals surface area (Å²) < 4.78 is 0. The van der Waals surface area contributed by atoms with Gasteiger partial charge < -0.3 is 10.2 Å². The number of non-ortho nitro benzene ring substituents is 1. The van der Waals surface area contributed by atoms with Crippen molar-refractivity contribution in [2.75, 3.05) is 23.3 Å². The topological polar surface area (TPSA) is 108 Å². The summed E-state index contributed by atoms with van der Waals surface area (Å²) in [5, 5.41) is 24.1. The minimum Gasteiger partial charge on any atom is -0.366 e. The number of nitrogens with zero attached hydrogens (tertiary/aromatic N) is 5. The predicted molar refractivity (Wildman–Crippen MR) is 106 cm³/mol. The van der Waals surface area contributed by atoms with Crippen LogP contribution in [0.2, 0.25) is 0 Å². The maximum Gasteiger partial charge on any atom is 0.270 e. The number of fused-ring (bicyclic) bond motifs is 1. The molecule has 28 heavy (non-hydrogen) atoms. The highest BCUT2D eigenvalue weighted by Crippen LogP contribution is 2.25. The molecule has 1 N–H and O–H groups in total. The second-order valence-corrected chi connectivity index (χ2v) is 6.70. The van der Waals surface area contributed by atoms with Crippen LogP contribution in [0.15, 0.2) is 42.6 Å². The van der Waals surface area contributed by atoms with Gasteiger partial charge >= 0.3 is 0 Å². The molecular weight excluding hydrogens is 356 g/mol. The molecule has 0 atom stereocenters. The van der Waals surface area contributed by atoms with Crippen LogP contribution < -0.4 is 10.2 Å². The number of rotatable bonds is 5. The van der Waals surface area contributed by atoms with Crippen molar-refractivity contribution in [2.45, 2.75) is 19.4 Å². The van der Waals surface area contributed by atoms with Crippen LogP contribution in [0.4, 0.5) is 17.3 Å². The van der Waals surface area contributed by atoms with Gasteiger partial charge in [0.05, 0.1) is 22.1 Å². The Hall–Kier alpha value is -3.73. The standard InChI is InChI=1S/C20H18N6O2/c21-12-15-10-19(24-18-4-3-16(26(27)28)11-17(15)18)23-13-14-5-6-22-20(9-14)25-7-1-2-8-25/h3-6,9-11H,1-2,7-8,13H2,(H,23,24). The number of hydrogen-bond donors (Lipinski definition) is 1. The van der Waals surface area contributed by atoms with E-state index in [4.69, 9.17) is 0 Å². The van der Waals surface area contributed by atoms with Crippen LogP contribution in [0.5, 0.6) is 0 Å². The lowest BCUT2D eigenvalue weighted by Crippen LogP contribution is -2.19. The van der Waals surface area contributed by atoms with Gasteiger partial charge in [-0.15, -0.1) is 0 Å². The summed E-state index contributed by atoms with van der Waals surface area (Å²) in [4.78, 5) is 21.7. The van der Waals surface area contributed by atoms with Crippen LogP contribution in [0.3, 0.4) is 0 Å². The van der Waals surface area contributed by atoms with Crippen molar-refractivity contribution < 1.29 is 4.92 Å². The first-order valence-corrected chi connectivity index (χ1v) is 9.07. The van der Waals surface area contributed by atoms with E-state index < -0.39 is 4.92 Å². The van der Waals surface area contributed by atoms with Gasteiger partial charge in [0.2, 0.25) is 0 Å². The van der Waals surface area contributed by atoms with Crippen LogP contribution in [0, 0.1) is 21.4 Å². The Morgan fingerprint density at radius 2 is 2.04 bits per heavy atom. The van der Waals surface area contributed by atoms with E-state index in [-0.39, 0.29) is 5.69 Å². The van der Waals surface area contributed by atoms with Gasteiger partial charge in [0.25, 0.3) is 5.69 Å². The molecule has 140 valence electrons. The number of benzene rings is 1. The highest BCUT2D eigenvalue weighted by Gasteiger charge is 2.14. The van der Waals surface area contributed by atoms with Crippen LogP contribution in [0.25, 0.3) is 10.9 Å². The number of nitro groups is 1. The van der Waals surface area contributed by atoms with Crippen molar-refractivity contribution in [1.82, 2.24) is 9.97 Å². The summed E-state index contributed by atoms with van der Waals surface area (Å²) in [7, 11) is 0. The lowest BCUT2D eigenvalue weighted by Gasteiger charge is -2.17. The van der Waals surface area contributed by atoms with E-state index >= 15 is 0 Å². The molecule has 0 radical (unpaired) electrons. The lowest BCUT2D eigenvalue weighted by atomic mass is 10.1. The SMILES string of the molecule is N#Cc1cc(NCc2ccnc(N3CCCC3)c2)nc2ccc([N+](=O)[O-])cc12. The largest absolute Gasteiger partial charge is 0.366 e. The van der Waals surface area contributed by atoms with Crippen molar-refractivity contribution in [3.05, 3.63) is 63.8 Å². The van der Waals surface area contributed by atoms with Gasteiger partial charge in [0.1, 0.15) is 11.6 Å². The van der Waals surface area contributed by atoms with Gasteiger partial charge in [-0.3, -0.25) is 10.1 Å². The molecule has 1 saturated heterocycles. The smallest absolute Gasteiger partial charge is 0.270 e. The normalized spacial score (nSPS) is 13.5. The zero-order chi connectivity index (χ0) is 19.5. The van der Waals surface area contributed by atoms with Gasteiger partial charge in [0, 0.05) is 43.4 Å². The van der Waals surface area contributed by atoms with E-state index in [1.165, 1.54) is 25.0 Å². The number of nitro benzene ring substituents is 1. The molecule has 1 aliphatic rings. The molecule has 2 aromatic heterocycles. The monoisotopic (exact) mass is 374 g/mol. The number of nitriles is 1. The van der Waals surface area contributed by atoms with Gasteiger partial charge in [0.15, 0.2) is 0 Å². The van der Waals surface area contributed by atoms with Gasteiger partial charge in [-0.2, -0.15) is 5.26 Å². The molecule has 8 heteroatoms. The molecule has 0 bridgehead atoms. The number of anilines is 2. The molecule has 3 aromatic rings. The summed E-state index contributed by atoms with van der Waals surface area (Å²) in [6.45, 7) is 2.61. The van der Waals surface area contributed by atoms with Crippen molar-refractivity contribution in [2.24, 2.45) is 0 Å².